The highest BCUT2D eigenvalue weighted by molar-refractivity contribution is 9.10. The first-order valence-corrected chi connectivity index (χ1v) is 7.14. The van der Waals surface area contributed by atoms with Crippen LogP contribution in [0, 0.1) is 5.92 Å². The molecule has 1 aliphatic heterocycles. The van der Waals surface area contributed by atoms with Crippen molar-refractivity contribution in [3.63, 3.8) is 0 Å². The molecule has 1 aromatic heterocycles. The molecule has 0 bridgehead atoms. The van der Waals surface area contributed by atoms with Crippen LogP contribution in [0.25, 0.3) is 0 Å². The fourth-order valence-electron chi connectivity index (χ4n) is 2.02. The third-order valence-corrected chi connectivity index (χ3v) is 3.76. The first kappa shape index (κ1) is 13.8. The predicted molar refractivity (Wildman–Crippen MR) is 75.8 cm³/mol. The van der Waals surface area contributed by atoms with E-state index in [1.165, 1.54) is 0 Å². The summed E-state index contributed by atoms with van der Waals surface area (Å²) in [4.78, 5) is 15.8. The highest BCUT2D eigenvalue weighted by atomic mass is 79.9. The maximum Gasteiger partial charge on any atom is 0.224 e. The molecule has 2 rings (SSSR count). The molecule has 1 fully saturated rings. The molecule has 98 valence electrons. The summed E-state index contributed by atoms with van der Waals surface area (Å²) >= 11 is 9.21. The topological polar surface area (TPSA) is 54.0 Å². The zero-order valence-electron chi connectivity index (χ0n) is 9.88. The van der Waals surface area contributed by atoms with E-state index in [0.29, 0.717) is 23.2 Å². The van der Waals surface area contributed by atoms with Crippen LogP contribution in [0.3, 0.4) is 0 Å². The maximum atomic E-state index is 11.8. The minimum atomic E-state index is -0.0105. The summed E-state index contributed by atoms with van der Waals surface area (Å²) in [5.41, 5.74) is 0.556. The van der Waals surface area contributed by atoms with Crippen molar-refractivity contribution in [1.29, 1.82) is 0 Å². The van der Waals surface area contributed by atoms with Gasteiger partial charge in [0.1, 0.15) is 0 Å². The van der Waals surface area contributed by atoms with Gasteiger partial charge in [0.25, 0.3) is 0 Å². The number of carbonyl (C=O) groups excluding carboxylic acids is 1. The summed E-state index contributed by atoms with van der Waals surface area (Å²) in [5, 5.41) is 6.40. The van der Waals surface area contributed by atoms with Gasteiger partial charge in [-0.2, -0.15) is 0 Å². The number of nitrogens with one attached hydrogen (secondary N) is 2. The second kappa shape index (κ2) is 6.50. The molecule has 0 aromatic carbocycles. The van der Waals surface area contributed by atoms with Crippen LogP contribution in [0.4, 0.5) is 5.69 Å². The van der Waals surface area contributed by atoms with Crippen LogP contribution in [0.2, 0.25) is 5.15 Å². The van der Waals surface area contributed by atoms with E-state index in [1.807, 2.05) is 0 Å². The van der Waals surface area contributed by atoms with Gasteiger partial charge >= 0.3 is 0 Å². The number of anilines is 1. The van der Waals surface area contributed by atoms with Crippen molar-refractivity contribution in [2.75, 3.05) is 18.4 Å². The Hall–Kier alpha value is -0.650. The Labute approximate surface area is 120 Å². The van der Waals surface area contributed by atoms with Crippen LogP contribution in [0.15, 0.2) is 16.7 Å². The molecule has 1 aliphatic rings. The number of rotatable bonds is 4. The Morgan fingerprint density at radius 1 is 1.67 bits per heavy atom. The number of halogens is 2. The van der Waals surface area contributed by atoms with Gasteiger partial charge in [0, 0.05) is 17.1 Å². The molecule has 1 unspecified atom stereocenters. The third kappa shape index (κ3) is 3.93. The number of pyridine rings is 1. The van der Waals surface area contributed by atoms with Gasteiger partial charge in [-0.25, -0.2) is 4.98 Å². The number of carbonyl (C=O) groups is 1. The van der Waals surface area contributed by atoms with E-state index in [-0.39, 0.29) is 5.91 Å². The zero-order chi connectivity index (χ0) is 13.0. The lowest BCUT2D eigenvalue weighted by Crippen LogP contribution is -2.15. The Balaban J connectivity index is 1.84. The molecule has 1 aromatic rings. The summed E-state index contributed by atoms with van der Waals surface area (Å²) in [5.74, 6) is 0.607. The average molecular weight is 333 g/mol. The molecule has 1 saturated heterocycles. The van der Waals surface area contributed by atoms with Crippen LogP contribution in [-0.4, -0.2) is 24.0 Å². The molecule has 2 heterocycles. The van der Waals surface area contributed by atoms with Crippen molar-refractivity contribution in [2.45, 2.75) is 19.3 Å². The molecule has 0 radical (unpaired) electrons. The minimum absolute atomic E-state index is 0.0105. The zero-order valence-corrected chi connectivity index (χ0v) is 12.2. The lowest BCUT2D eigenvalue weighted by Gasteiger charge is -2.09. The van der Waals surface area contributed by atoms with Gasteiger partial charge < -0.3 is 10.6 Å². The van der Waals surface area contributed by atoms with Crippen LogP contribution >= 0.6 is 27.5 Å². The molecule has 1 amide bonds. The molecule has 0 saturated carbocycles. The quantitative estimate of drug-likeness (QED) is 0.834. The minimum Gasteiger partial charge on any atom is -0.323 e. The van der Waals surface area contributed by atoms with Crippen LogP contribution < -0.4 is 10.6 Å². The second-order valence-corrected chi connectivity index (χ2v) is 5.71. The Kier molecular flexibility index (Phi) is 4.97. The van der Waals surface area contributed by atoms with E-state index < -0.39 is 0 Å². The number of hydrogen-bond acceptors (Lipinski definition) is 3. The number of nitrogens with zero attached hydrogens (tertiary/aromatic N) is 1. The molecule has 18 heavy (non-hydrogen) atoms. The SMILES string of the molecule is O=C(CCC1CCNC1)Nc1cc(Br)cnc1Cl. The van der Waals surface area contributed by atoms with E-state index in [4.69, 9.17) is 11.6 Å². The lowest BCUT2D eigenvalue weighted by molar-refractivity contribution is -0.116. The van der Waals surface area contributed by atoms with E-state index in [2.05, 4.69) is 31.5 Å². The van der Waals surface area contributed by atoms with Gasteiger partial charge in [-0.05, 0) is 53.8 Å². The summed E-state index contributed by atoms with van der Waals surface area (Å²) in [7, 11) is 0. The Morgan fingerprint density at radius 3 is 3.22 bits per heavy atom. The normalized spacial score (nSPS) is 18.9. The first-order chi connectivity index (χ1) is 8.65. The number of amides is 1. The van der Waals surface area contributed by atoms with Crippen molar-refractivity contribution >= 4 is 39.1 Å². The Morgan fingerprint density at radius 2 is 2.50 bits per heavy atom. The maximum absolute atomic E-state index is 11.8. The number of hydrogen-bond donors (Lipinski definition) is 2. The average Bonchev–Trinajstić information content (AvgIpc) is 2.84. The molecule has 1 atom stereocenters. The van der Waals surface area contributed by atoms with Crippen LogP contribution in [0.5, 0.6) is 0 Å². The molecular weight excluding hydrogens is 318 g/mol. The second-order valence-electron chi connectivity index (χ2n) is 4.44. The summed E-state index contributed by atoms with van der Waals surface area (Å²) in [6.07, 6.45) is 4.20. The highest BCUT2D eigenvalue weighted by Crippen LogP contribution is 2.23. The molecule has 4 nitrogen and oxygen atoms in total. The van der Waals surface area contributed by atoms with Gasteiger partial charge in [-0.3, -0.25) is 4.79 Å². The molecule has 2 N–H and O–H groups in total. The fourth-order valence-corrected chi connectivity index (χ4v) is 2.50. The van der Waals surface area contributed by atoms with E-state index in [0.717, 1.165) is 30.4 Å². The molecule has 0 spiro atoms. The van der Waals surface area contributed by atoms with Crippen molar-refractivity contribution in [3.05, 3.63) is 21.9 Å². The standard InChI is InChI=1S/C12H15BrClN3O/c13-9-5-10(12(14)16-7-9)17-11(18)2-1-8-3-4-15-6-8/h5,7-8,15H,1-4,6H2,(H,17,18). The van der Waals surface area contributed by atoms with E-state index in [9.17, 15) is 4.79 Å². The van der Waals surface area contributed by atoms with Crippen molar-refractivity contribution in [3.8, 4) is 0 Å². The monoisotopic (exact) mass is 331 g/mol. The highest BCUT2D eigenvalue weighted by Gasteiger charge is 2.16. The van der Waals surface area contributed by atoms with Crippen molar-refractivity contribution < 1.29 is 4.79 Å². The van der Waals surface area contributed by atoms with Crippen LogP contribution in [-0.2, 0) is 4.79 Å². The smallest absolute Gasteiger partial charge is 0.224 e. The van der Waals surface area contributed by atoms with Gasteiger partial charge in [0.05, 0.1) is 5.69 Å². The third-order valence-electron chi connectivity index (χ3n) is 3.02. The summed E-state index contributed by atoms with van der Waals surface area (Å²) in [6.45, 7) is 2.08. The number of aromatic nitrogens is 1. The van der Waals surface area contributed by atoms with E-state index in [1.54, 1.807) is 12.3 Å². The van der Waals surface area contributed by atoms with E-state index >= 15 is 0 Å². The van der Waals surface area contributed by atoms with Gasteiger partial charge in [-0.1, -0.05) is 11.6 Å². The van der Waals surface area contributed by atoms with Gasteiger partial charge in [0.2, 0.25) is 5.91 Å². The Bertz CT molecular complexity index is 435. The predicted octanol–water partition coefficient (Wildman–Crippen LogP) is 2.83. The van der Waals surface area contributed by atoms with Gasteiger partial charge in [-0.15, -0.1) is 0 Å². The summed E-state index contributed by atoms with van der Waals surface area (Å²) < 4.78 is 0.794. The lowest BCUT2D eigenvalue weighted by atomic mass is 10.0. The van der Waals surface area contributed by atoms with Crippen molar-refractivity contribution in [2.24, 2.45) is 5.92 Å². The molecule has 0 aliphatic carbocycles. The van der Waals surface area contributed by atoms with Crippen LogP contribution in [0.1, 0.15) is 19.3 Å². The van der Waals surface area contributed by atoms with Gasteiger partial charge in [0.15, 0.2) is 5.15 Å². The molecular formula is C12H15BrClN3O. The van der Waals surface area contributed by atoms with Crippen molar-refractivity contribution in [1.82, 2.24) is 10.3 Å². The summed E-state index contributed by atoms with van der Waals surface area (Å²) in [6, 6.07) is 1.75. The fraction of sp³-hybridized carbons (Fsp3) is 0.500. The molecule has 6 heteroatoms. The first-order valence-electron chi connectivity index (χ1n) is 5.97. The largest absolute Gasteiger partial charge is 0.323 e.